The van der Waals surface area contributed by atoms with Gasteiger partial charge in [0.15, 0.2) is 0 Å². The molecule has 0 aromatic heterocycles. The molecular formula is C6H16Cl4O2. The van der Waals surface area contributed by atoms with Gasteiger partial charge in [0.05, 0.1) is 6.61 Å². The molecule has 0 aliphatic heterocycles. The van der Waals surface area contributed by atoms with Crippen LogP contribution in [0.3, 0.4) is 0 Å². The molecule has 0 aliphatic rings. The molecule has 6 heteroatoms. The Balaban J connectivity index is -0.0000000408. The van der Waals surface area contributed by atoms with E-state index >= 15 is 0 Å². The van der Waals surface area contributed by atoms with Crippen molar-refractivity contribution in [2.75, 3.05) is 6.61 Å². The fraction of sp³-hybridized carbons (Fsp3) is 0.833. The Morgan fingerprint density at radius 3 is 1.75 bits per heavy atom. The molecule has 0 amide bonds. The quantitative estimate of drug-likeness (QED) is 0.730. The molecule has 0 aliphatic carbocycles. The van der Waals surface area contributed by atoms with Gasteiger partial charge in [-0.05, 0) is 13.3 Å². The predicted molar refractivity (Wildman–Crippen MR) is 60.5 cm³/mol. The number of rotatable bonds is 3. The van der Waals surface area contributed by atoms with Crippen LogP contribution < -0.4 is 0 Å². The third-order valence-electron chi connectivity index (χ3n) is 0.759. The van der Waals surface area contributed by atoms with E-state index in [-0.39, 0.29) is 55.6 Å². The topological polar surface area (TPSA) is 26.3 Å². The second-order valence-corrected chi connectivity index (χ2v) is 1.56. The van der Waals surface area contributed by atoms with Gasteiger partial charge in [-0.1, -0.05) is 6.92 Å². The number of hydrogen-bond donors (Lipinski definition) is 0. The van der Waals surface area contributed by atoms with Gasteiger partial charge in [-0.3, -0.25) is 4.79 Å². The van der Waals surface area contributed by atoms with E-state index in [0.29, 0.717) is 13.0 Å². The van der Waals surface area contributed by atoms with Crippen LogP contribution in [0, 0.1) is 0 Å². The van der Waals surface area contributed by atoms with E-state index in [2.05, 4.69) is 4.74 Å². The highest BCUT2D eigenvalue weighted by atomic mass is 35.5. The lowest BCUT2D eigenvalue weighted by molar-refractivity contribution is -0.143. The van der Waals surface area contributed by atoms with Gasteiger partial charge in [0.25, 0.3) is 0 Å². The Morgan fingerprint density at radius 1 is 1.08 bits per heavy atom. The molecule has 0 atom stereocenters. The smallest absolute Gasteiger partial charge is 0.305 e. The van der Waals surface area contributed by atoms with Gasteiger partial charge in [0.2, 0.25) is 0 Å². The second kappa shape index (κ2) is 22.6. The summed E-state index contributed by atoms with van der Waals surface area (Å²) in [5, 5.41) is 0. The first-order chi connectivity index (χ1) is 3.81. The number of ether oxygens (including phenoxy) is 1. The van der Waals surface area contributed by atoms with Crippen LogP contribution in [-0.4, -0.2) is 12.6 Å². The van der Waals surface area contributed by atoms with Crippen LogP contribution in [0.15, 0.2) is 0 Å². The standard InChI is InChI=1S/C6H12O2.4ClH/c1-3-5-6(7)8-4-2;;;;/h3-5H2,1-2H3;4*1H. The minimum atomic E-state index is -0.0880. The first-order valence-electron chi connectivity index (χ1n) is 2.96. The Kier molecular flexibility index (Phi) is 55.2. The summed E-state index contributed by atoms with van der Waals surface area (Å²) in [7, 11) is 0. The van der Waals surface area contributed by atoms with Gasteiger partial charge in [-0.2, -0.15) is 0 Å². The van der Waals surface area contributed by atoms with E-state index in [1.54, 1.807) is 0 Å². The van der Waals surface area contributed by atoms with Crippen LogP contribution in [0.25, 0.3) is 0 Å². The SMILES string of the molecule is CCCC(=O)OCC.Cl.Cl.Cl.Cl. The highest BCUT2D eigenvalue weighted by Gasteiger charge is 1.95. The van der Waals surface area contributed by atoms with Crippen molar-refractivity contribution in [1.29, 1.82) is 0 Å². The zero-order chi connectivity index (χ0) is 6.41. The fourth-order valence-corrected chi connectivity index (χ4v) is 0.437. The molecule has 0 aromatic rings. The summed E-state index contributed by atoms with van der Waals surface area (Å²) in [5.41, 5.74) is 0. The number of carbonyl (C=O) groups is 1. The van der Waals surface area contributed by atoms with Gasteiger partial charge in [-0.15, -0.1) is 49.6 Å². The Labute approximate surface area is 98.5 Å². The van der Waals surface area contributed by atoms with Crippen molar-refractivity contribution < 1.29 is 9.53 Å². The van der Waals surface area contributed by atoms with Crippen LogP contribution in [0.4, 0.5) is 0 Å². The highest BCUT2D eigenvalue weighted by molar-refractivity contribution is 5.86. The highest BCUT2D eigenvalue weighted by Crippen LogP contribution is 1.89. The zero-order valence-corrected chi connectivity index (χ0v) is 10.3. The molecule has 0 fully saturated rings. The molecule has 0 saturated heterocycles. The summed E-state index contributed by atoms with van der Waals surface area (Å²) in [4.78, 5) is 10.4. The van der Waals surface area contributed by atoms with Gasteiger partial charge < -0.3 is 4.74 Å². The maximum atomic E-state index is 10.4. The van der Waals surface area contributed by atoms with E-state index in [1.807, 2.05) is 13.8 Å². The maximum absolute atomic E-state index is 10.4. The van der Waals surface area contributed by atoms with Crippen molar-refractivity contribution in [2.24, 2.45) is 0 Å². The molecule has 0 bridgehead atoms. The van der Waals surface area contributed by atoms with Crippen molar-refractivity contribution in [3.8, 4) is 0 Å². The van der Waals surface area contributed by atoms with Crippen molar-refractivity contribution in [3.63, 3.8) is 0 Å². The van der Waals surface area contributed by atoms with Crippen LogP contribution in [0.2, 0.25) is 0 Å². The lowest BCUT2D eigenvalue weighted by Crippen LogP contribution is -2.01. The Morgan fingerprint density at radius 2 is 1.50 bits per heavy atom. The average Bonchev–Trinajstić information content (AvgIpc) is 1.68. The number of hydrogen-bond acceptors (Lipinski definition) is 2. The summed E-state index contributed by atoms with van der Waals surface area (Å²) in [6.07, 6.45) is 1.42. The van der Waals surface area contributed by atoms with Gasteiger partial charge >= 0.3 is 5.97 Å². The van der Waals surface area contributed by atoms with Crippen molar-refractivity contribution in [1.82, 2.24) is 0 Å². The van der Waals surface area contributed by atoms with Crippen molar-refractivity contribution >= 4 is 55.6 Å². The van der Waals surface area contributed by atoms with E-state index in [1.165, 1.54) is 0 Å². The fourth-order valence-electron chi connectivity index (χ4n) is 0.437. The summed E-state index contributed by atoms with van der Waals surface area (Å²) >= 11 is 0. The molecule has 0 radical (unpaired) electrons. The van der Waals surface area contributed by atoms with Gasteiger partial charge in [0, 0.05) is 6.42 Å². The first-order valence-corrected chi connectivity index (χ1v) is 2.96. The summed E-state index contributed by atoms with van der Waals surface area (Å²) in [6, 6.07) is 0. The molecule has 0 saturated carbocycles. The first kappa shape index (κ1) is 29.3. The lowest BCUT2D eigenvalue weighted by atomic mass is 10.3. The van der Waals surface area contributed by atoms with Gasteiger partial charge in [-0.25, -0.2) is 0 Å². The minimum Gasteiger partial charge on any atom is -0.466 e. The van der Waals surface area contributed by atoms with Crippen LogP contribution in [0.1, 0.15) is 26.7 Å². The summed E-state index contributed by atoms with van der Waals surface area (Å²) in [5.74, 6) is -0.0880. The monoisotopic (exact) mass is 260 g/mol. The molecule has 0 aromatic carbocycles. The van der Waals surface area contributed by atoms with Crippen LogP contribution in [-0.2, 0) is 9.53 Å². The zero-order valence-electron chi connectivity index (χ0n) is 7.07. The molecule has 12 heavy (non-hydrogen) atoms. The molecule has 0 unspecified atom stereocenters. The van der Waals surface area contributed by atoms with E-state index < -0.39 is 0 Å². The van der Waals surface area contributed by atoms with Crippen LogP contribution in [0.5, 0.6) is 0 Å². The molecule has 0 N–H and O–H groups in total. The number of carbonyl (C=O) groups excluding carboxylic acids is 1. The average molecular weight is 262 g/mol. The van der Waals surface area contributed by atoms with E-state index in [4.69, 9.17) is 0 Å². The van der Waals surface area contributed by atoms with Crippen molar-refractivity contribution in [3.05, 3.63) is 0 Å². The second-order valence-electron chi connectivity index (χ2n) is 1.56. The molecule has 0 spiro atoms. The third kappa shape index (κ3) is 22.4. The molecular weight excluding hydrogens is 246 g/mol. The van der Waals surface area contributed by atoms with Crippen molar-refractivity contribution in [2.45, 2.75) is 26.7 Å². The van der Waals surface area contributed by atoms with Crippen LogP contribution >= 0.6 is 49.6 Å². The minimum absolute atomic E-state index is 0. The van der Waals surface area contributed by atoms with E-state index in [0.717, 1.165) is 6.42 Å². The third-order valence-corrected chi connectivity index (χ3v) is 0.759. The number of esters is 1. The largest absolute Gasteiger partial charge is 0.466 e. The Hall–Kier alpha value is 0.630. The molecule has 2 nitrogen and oxygen atoms in total. The van der Waals surface area contributed by atoms with E-state index in [9.17, 15) is 4.79 Å². The lowest BCUT2D eigenvalue weighted by Gasteiger charge is -1.96. The Bertz CT molecular complexity index is 71.9. The molecule has 0 heterocycles. The molecule has 0 rings (SSSR count). The summed E-state index contributed by atoms with van der Waals surface area (Å²) < 4.78 is 4.64. The van der Waals surface area contributed by atoms with Gasteiger partial charge in [0.1, 0.15) is 0 Å². The predicted octanol–water partition coefficient (Wildman–Crippen LogP) is 3.04. The maximum Gasteiger partial charge on any atom is 0.305 e. The number of halogens is 4. The molecule has 80 valence electrons. The summed E-state index contributed by atoms with van der Waals surface area (Å²) in [6.45, 7) is 4.27. The normalized spacial score (nSPS) is 5.83.